The van der Waals surface area contributed by atoms with Crippen LogP contribution in [0.5, 0.6) is 0 Å². The van der Waals surface area contributed by atoms with Gasteiger partial charge in [-0.05, 0) is 25.1 Å². The number of carbonyl (C=O) groups is 2. The van der Waals surface area contributed by atoms with Crippen LogP contribution in [0.2, 0.25) is 0 Å². The van der Waals surface area contributed by atoms with Gasteiger partial charge in [0, 0.05) is 24.8 Å². The van der Waals surface area contributed by atoms with E-state index in [4.69, 9.17) is 5.11 Å². The molecule has 0 aliphatic rings. The molecule has 1 unspecified atom stereocenters. The van der Waals surface area contributed by atoms with Crippen LogP contribution in [0.3, 0.4) is 0 Å². The SMILES string of the molecule is CC(c1cc(F)ccc1F)N(C)C(=O)/C=C/C(=O)O. The molecule has 1 aromatic carbocycles. The minimum absolute atomic E-state index is 0.0274. The van der Waals surface area contributed by atoms with Gasteiger partial charge in [0.25, 0.3) is 0 Å². The first-order valence-corrected chi connectivity index (χ1v) is 5.45. The number of carboxylic acid groups (broad SMARTS) is 1. The normalized spacial score (nSPS) is 12.4. The van der Waals surface area contributed by atoms with E-state index >= 15 is 0 Å². The molecule has 1 atom stereocenters. The van der Waals surface area contributed by atoms with Crippen LogP contribution in [0.25, 0.3) is 0 Å². The maximum absolute atomic E-state index is 13.5. The molecule has 1 rings (SSSR count). The number of likely N-dealkylation sites (N-methyl/N-ethyl adjacent to an activating group) is 1. The fraction of sp³-hybridized carbons (Fsp3) is 0.231. The zero-order chi connectivity index (χ0) is 14.6. The highest BCUT2D eigenvalue weighted by atomic mass is 19.1. The van der Waals surface area contributed by atoms with Crippen LogP contribution in [0.1, 0.15) is 18.5 Å². The highest BCUT2D eigenvalue weighted by Crippen LogP contribution is 2.22. The van der Waals surface area contributed by atoms with E-state index in [1.54, 1.807) is 0 Å². The number of carboxylic acids is 1. The second kappa shape index (κ2) is 6.08. The van der Waals surface area contributed by atoms with E-state index in [1.165, 1.54) is 14.0 Å². The molecular weight excluding hydrogens is 256 g/mol. The van der Waals surface area contributed by atoms with Crippen molar-refractivity contribution in [3.63, 3.8) is 0 Å². The topological polar surface area (TPSA) is 57.6 Å². The zero-order valence-electron chi connectivity index (χ0n) is 10.4. The van der Waals surface area contributed by atoms with Gasteiger partial charge in [-0.15, -0.1) is 0 Å². The van der Waals surface area contributed by atoms with Gasteiger partial charge >= 0.3 is 5.97 Å². The van der Waals surface area contributed by atoms with Gasteiger partial charge in [0.05, 0.1) is 6.04 Å². The number of amides is 1. The van der Waals surface area contributed by atoms with Gasteiger partial charge in [-0.25, -0.2) is 13.6 Å². The summed E-state index contributed by atoms with van der Waals surface area (Å²) in [6, 6.07) is 2.25. The van der Waals surface area contributed by atoms with Crippen molar-refractivity contribution >= 4 is 11.9 Å². The lowest BCUT2D eigenvalue weighted by Crippen LogP contribution is -2.28. The highest BCUT2D eigenvalue weighted by molar-refractivity contribution is 5.93. The summed E-state index contributed by atoms with van der Waals surface area (Å²) in [5, 5.41) is 8.41. The van der Waals surface area contributed by atoms with Crippen molar-refractivity contribution in [1.29, 1.82) is 0 Å². The Bertz CT molecular complexity index is 529. The van der Waals surface area contributed by atoms with Gasteiger partial charge in [0.2, 0.25) is 5.91 Å². The summed E-state index contributed by atoms with van der Waals surface area (Å²) in [4.78, 5) is 23.0. The summed E-state index contributed by atoms with van der Waals surface area (Å²) in [5.74, 6) is -3.11. The first kappa shape index (κ1) is 14.8. The molecule has 0 spiro atoms. The monoisotopic (exact) mass is 269 g/mol. The van der Waals surface area contributed by atoms with Crippen LogP contribution in [-0.2, 0) is 9.59 Å². The maximum atomic E-state index is 13.5. The molecule has 19 heavy (non-hydrogen) atoms. The Balaban J connectivity index is 2.93. The van der Waals surface area contributed by atoms with Crippen LogP contribution < -0.4 is 0 Å². The average molecular weight is 269 g/mol. The molecule has 6 heteroatoms. The first-order chi connectivity index (χ1) is 8.82. The van der Waals surface area contributed by atoms with Crippen LogP contribution >= 0.6 is 0 Å². The van der Waals surface area contributed by atoms with E-state index in [1.807, 2.05) is 0 Å². The van der Waals surface area contributed by atoms with Gasteiger partial charge in [-0.1, -0.05) is 0 Å². The molecule has 0 bridgehead atoms. The maximum Gasteiger partial charge on any atom is 0.328 e. The number of benzene rings is 1. The smallest absolute Gasteiger partial charge is 0.328 e. The molecule has 0 fully saturated rings. The Hall–Kier alpha value is -2.24. The van der Waals surface area contributed by atoms with Crippen LogP contribution in [0.15, 0.2) is 30.4 Å². The molecule has 4 nitrogen and oxygen atoms in total. The van der Waals surface area contributed by atoms with Crippen molar-refractivity contribution in [3.8, 4) is 0 Å². The van der Waals surface area contributed by atoms with Gasteiger partial charge in [-0.3, -0.25) is 4.79 Å². The minimum Gasteiger partial charge on any atom is -0.478 e. The Morgan fingerprint density at radius 3 is 2.53 bits per heavy atom. The molecule has 0 radical (unpaired) electrons. The molecule has 1 N–H and O–H groups in total. The number of hydrogen-bond donors (Lipinski definition) is 1. The highest BCUT2D eigenvalue weighted by Gasteiger charge is 2.19. The van der Waals surface area contributed by atoms with Crippen molar-refractivity contribution in [2.75, 3.05) is 7.05 Å². The average Bonchev–Trinajstić information content (AvgIpc) is 2.37. The van der Waals surface area contributed by atoms with Crippen molar-refractivity contribution in [1.82, 2.24) is 4.90 Å². The molecule has 1 amide bonds. The summed E-state index contributed by atoms with van der Waals surface area (Å²) in [6.45, 7) is 1.52. The Labute approximate surface area is 109 Å². The van der Waals surface area contributed by atoms with E-state index in [-0.39, 0.29) is 5.56 Å². The summed E-state index contributed by atoms with van der Waals surface area (Å²) in [5.41, 5.74) is 0.0274. The Kier molecular flexibility index (Phi) is 4.74. The van der Waals surface area contributed by atoms with Crippen molar-refractivity contribution in [3.05, 3.63) is 47.5 Å². The molecule has 0 aliphatic carbocycles. The minimum atomic E-state index is -1.26. The third kappa shape index (κ3) is 3.87. The van der Waals surface area contributed by atoms with Gasteiger partial charge in [0.15, 0.2) is 0 Å². The molecular formula is C13H13F2NO3. The summed E-state index contributed by atoms with van der Waals surface area (Å²) >= 11 is 0. The van der Waals surface area contributed by atoms with Gasteiger partial charge in [-0.2, -0.15) is 0 Å². The van der Waals surface area contributed by atoms with E-state index in [9.17, 15) is 18.4 Å². The molecule has 0 aromatic heterocycles. The predicted octanol–water partition coefficient (Wildman–Crippen LogP) is 2.12. The number of aliphatic carboxylic acids is 1. The van der Waals surface area contributed by atoms with Gasteiger partial charge < -0.3 is 10.0 Å². The number of halogens is 2. The van der Waals surface area contributed by atoms with Crippen molar-refractivity contribution in [2.24, 2.45) is 0 Å². The van der Waals surface area contributed by atoms with Gasteiger partial charge in [0.1, 0.15) is 11.6 Å². The Morgan fingerprint density at radius 1 is 1.32 bits per heavy atom. The number of nitrogens with zero attached hydrogens (tertiary/aromatic N) is 1. The summed E-state index contributed by atoms with van der Waals surface area (Å²) < 4.78 is 26.6. The van der Waals surface area contributed by atoms with E-state index < -0.39 is 29.6 Å². The molecule has 0 aliphatic heterocycles. The summed E-state index contributed by atoms with van der Waals surface area (Å²) in [7, 11) is 1.38. The third-order valence-electron chi connectivity index (χ3n) is 2.71. The molecule has 102 valence electrons. The lowest BCUT2D eigenvalue weighted by molar-refractivity contribution is -0.132. The molecule has 0 saturated heterocycles. The lowest BCUT2D eigenvalue weighted by Gasteiger charge is -2.24. The lowest BCUT2D eigenvalue weighted by atomic mass is 10.1. The standard InChI is InChI=1S/C13H13F2NO3/c1-8(10-7-9(14)3-4-11(10)15)16(2)12(17)5-6-13(18)19/h3-8H,1-2H3,(H,18,19)/b6-5+. The fourth-order valence-corrected chi connectivity index (χ4v) is 1.49. The van der Waals surface area contributed by atoms with Crippen LogP contribution in [-0.4, -0.2) is 28.9 Å². The second-order valence-electron chi connectivity index (χ2n) is 3.96. The molecule has 1 aromatic rings. The third-order valence-corrected chi connectivity index (χ3v) is 2.71. The molecule has 0 saturated carbocycles. The van der Waals surface area contributed by atoms with E-state index in [0.29, 0.717) is 6.08 Å². The fourth-order valence-electron chi connectivity index (χ4n) is 1.49. The summed E-state index contributed by atoms with van der Waals surface area (Å²) in [6.07, 6.45) is 1.55. The van der Waals surface area contributed by atoms with Crippen LogP contribution in [0.4, 0.5) is 8.78 Å². The number of carbonyl (C=O) groups excluding carboxylic acids is 1. The number of rotatable bonds is 4. The van der Waals surface area contributed by atoms with Crippen LogP contribution in [0, 0.1) is 11.6 Å². The largest absolute Gasteiger partial charge is 0.478 e. The van der Waals surface area contributed by atoms with Crippen molar-refractivity contribution < 1.29 is 23.5 Å². The van der Waals surface area contributed by atoms with E-state index in [2.05, 4.69) is 0 Å². The Morgan fingerprint density at radius 2 is 1.95 bits per heavy atom. The van der Waals surface area contributed by atoms with Crippen molar-refractivity contribution in [2.45, 2.75) is 13.0 Å². The zero-order valence-corrected chi connectivity index (χ0v) is 10.4. The number of hydrogen-bond acceptors (Lipinski definition) is 2. The first-order valence-electron chi connectivity index (χ1n) is 5.45. The quantitative estimate of drug-likeness (QED) is 0.852. The molecule has 0 heterocycles. The van der Waals surface area contributed by atoms with E-state index in [0.717, 1.165) is 29.2 Å². The second-order valence-corrected chi connectivity index (χ2v) is 3.96. The predicted molar refractivity (Wildman–Crippen MR) is 64.3 cm³/mol.